The van der Waals surface area contributed by atoms with Gasteiger partial charge in [0, 0.05) is 7.05 Å². The van der Waals surface area contributed by atoms with Gasteiger partial charge in [0.25, 0.3) is 0 Å². The van der Waals surface area contributed by atoms with Crippen molar-refractivity contribution in [3.8, 4) is 0 Å². The highest BCUT2D eigenvalue weighted by Crippen LogP contribution is 2.23. The quantitative estimate of drug-likeness (QED) is 0.860. The highest BCUT2D eigenvalue weighted by Gasteiger charge is 2.16. The third kappa shape index (κ3) is 1.96. The molecule has 15 heavy (non-hydrogen) atoms. The van der Waals surface area contributed by atoms with Crippen molar-refractivity contribution < 1.29 is 0 Å². The summed E-state index contributed by atoms with van der Waals surface area (Å²) >= 11 is 1.72. The lowest BCUT2D eigenvalue weighted by atomic mass is 10.1. The fourth-order valence-corrected chi connectivity index (χ4v) is 2.51. The summed E-state index contributed by atoms with van der Waals surface area (Å²) in [6.45, 7) is 2.02. The monoisotopic (exact) mass is 221 g/mol. The molecule has 0 spiro atoms. The minimum absolute atomic E-state index is 0.238. The molecule has 2 heterocycles. The first-order valence-electron chi connectivity index (χ1n) is 4.92. The Morgan fingerprint density at radius 2 is 2.33 bits per heavy atom. The number of thiophene rings is 1. The average Bonchev–Trinajstić information content (AvgIpc) is 2.79. The zero-order valence-electron chi connectivity index (χ0n) is 9.19. The van der Waals surface area contributed by atoms with Gasteiger partial charge in [-0.2, -0.15) is 16.4 Å². The van der Waals surface area contributed by atoms with Crippen molar-refractivity contribution in [2.24, 2.45) is 7.05 Å². The summed E-state index contributed by atoms with van der Waals surface area (Å²) in [7, 11) is 3.96. The van der Waals surface area contributed by atoms with E-state index in [0.717, 1.165) is 5.69 Å². The summed E-state index contributed by atoms with van der Waals surface area (Å²) in [5.41, 5.74) is 3.56. The number of rotatable bonds is 3. The Hall–Kier alpha value is -1.13. The van der Waals surface area contributed by atoms with Gasteiger partial charge in [0.15, 0.2) is 0 Å². The summed E-state index contributed by atoms with van der Waals surface area (Å²) in [4.78, 5) is 0. The number of aryl methyl sites for hydroxylation is 2. The molecule has 2 aromatic heterocycles. The van der Waals surface area contributed by atoms with E-state index in [1.165, 1.54) is 11.3 Å². The van der Waals surface area contributed by atoms with Crippen molar-refractivity contribution in [2.75, 3.05) is 7.05 Å². The maximum atomic E-state index is 4.37. The number of nitrogens with zero attached hydrogens (tertiary/aromatic N) is 2. The molecule has 0 saturated heterocycles. The smallest absolute Gasteiger partial charge is 0.0753 e. The van der Waals surface area contributed by atoms with Crippen LogP contribution in [0.15, 0.2) is 22.9 Å². The van der Waals surface area contributed by atoms with E-state index in [2.05, 4.69) is 33.3 Å². The highest BCUT2D eigenvalue weighted by atomic mass is 32.1. The first-order valence-corrected chi connectivity index (χ1v) is 5.86. The summed E-state index contributed by atoms with van der Waals surface area (Å²) < 4.78 is 1.94. The van der Waals surface area contributed by atoms with Crippen molar-refractivity contribution in [1.29, 1.82) is 0 Å². The van der Waals surface area contributed by atoms with Crippen LogP contribution in [0.3, 0.4) is 0 Å². The van der Waals surface area contributed by atoms with Gasteiger partial charge in [0.05, 0.1) is 17.4 Å². The number of aromatic nitrogens is 2. The van der Waals surface area contributed by atoms with E-state index in [1.54, 1.807) is 11.3 Å². The first kappa shape index (κ1) is 10.4. The Morgan fingerprint density at radius 3 is 2.80 bits per heavy atom. The molecule has 4 heteroatoms. The van der Waals surface area contributed by atoms with E-state index in [9.17, 15) is 0 Å². The Labute approximate surface area is 93.7 Å². The Morgan fingerprint density at radius 1 is 1.53 bits per heavy atom. The molecule has 1 unspecified atom stereocenters. The van der Waals surface area contributed by atoms with Crippen LogP contribution in [0.5, 0.6) is 0 Å². The number of nitrogens with one attached hydrogen (secondary N) is 1. The van der Waals surface area contributed by atoms with Crippen LogP contribution in [-0.4, -0.2) is 16.8 Å². The van der Waals surface area contributed by atoms with Gasteiger partial charge in [-0.25, -0.2) is 0 Å². The molecule has 2 rings (SSSR count). The molecular weight excluding hydrogens is 206 g/mol. The SMILES string of the molecule is CNC(c1ccsc1)c1cc(C)nn1C. The van der Waals surface area contributed by atoms with Crippen molar-refractivity contribution in [1.82, 2.24) is 15.1 Å². The van der Waals surface area contributed by atoms with E-state index in [1.807, 2.05) is 25.7 Å². The fourth-order valence-electron chi connectivity index (χ4n) is 1.83. The van der Waals surface area contributed by atoms with Gasteiger partial charge >= 0.3 is 0 Å². The van der Waals surface area contributed by atoms with Crippen LogP contribution in [0.4, 0.5) is 0 Å². The first-order chi connectivity index (χ1) is 7.22. The molecule has 0 aliphatic carbocycles. The van der Waals surface area contributed by atoms with E-state index < -0.39 is 0 Å². The summed E-state index contributed by atoms with van der Waals surface area (Å²) in [6, 6.07) is 4.51. The predicted molar refractivity (Wildman–Crippen MR) is 63.2 cm³/mol. The zero-order valence-corrected chi connectivity index (χ0v) is 10.0. The molecule has 3 nitrogen and oxygen atoms in total. The molecule has 0 bridgehead atoms. The lowest BCUT2D eigenvalue weighted by Gasteiger charge is -2.14. The van der Waals surface area contributed by atoms with E-state index in [-0.39, 0.29) is 6.04 Å². The van der Waals surface area contributed by atoms with Gasteiger partial charge in [-0.05, 0) is 42.4 Å². The Bertz CT molecular complexity index is 431. The standard InChI is InChI=1S/C11H15N3S/c1-8-6-10(14(3)13-8)11(12-2)9-4-5-15-7-9/h4-7,11-12H,1-3H3. The van der Waals surface area contributed by atoms with Crippen LogP contribution in [0, 0.1) is 6.92 Å². The molecule has 0 aliphatic heterocycles. The molecule has 1 N–H and O–H groups in total. The third-order valence-corrected chi connectivity index (χ3v) is 3.20. The second-order valence-electron chi connectivity index (χ2n) is 3.61. The fraction of sp³-hybridized carbons (Fsp3) is 0.364. The second-order valence-corrected chi connectivity index (χ2v) is 4.39. The van der Waals surface area contributed by atoms with Crippen LogP contribution < -0.4 is 5.32 Å². The molecule has 2 aromatic rings. The van der Waals surface area contributed by atoms with Crippen molar-refractivity contribution >= 4 is 11.3 Å². The lowest BCUT2D eigenvalue weighted by Crippen LogP contribution is -2.19. The average molecular weight is 221 g/mol. The second kappa shape index (κ2) is 4.16. The third-order valence-electron chi connectivity index (χ3n) is 2.50. The summed E-state index contributed by atoms with van der Waals surface area (Å²) in [5.74, 6) is 0. The van der Waals surface area contributed by atoms with Crippen LogP contribution in [0.1, 0.15) is 23.0 Å². The molecular formula is C11H15N3S. The van der Waals surface area contributed by atoms with Crippen molar-refractivity contribution in [2.45, 2.75) is 13.0 Å². The molecule has 0 radical (unpaired) electrons. The molecule has 0 fully saturated rings. The minimum Gasteiger partial charge on any atom is -0.308 e. The largest absolute Gasteiger partial charge is 0.308 e. The van der Waals surface area contributed by atoms with Crippen LogP contribution >= 0.6 is 11.3 Å². The molecule has 0 saturated carbocycles. The van der Waals surface area contributed by atoms with Crippen molar-refractivity contribution in [3.63, 3.8) is 0 Å². The van der Waals surface area contributed by atoms with Gasteiger partial charge in [0.1, 0.15) is 0 Å². The van der Waals surface area contributed by atoms with E-state index in [4.69, 9.17) is 0 Å². The molecule has 0 aromatic carbocycles. The molecule has 1 atom stereocenters. The molecule has 0 amide bonds. The Kier molecular flexibility index (Phi) is 2.88. The number of hydrogen-bond acceptors (Lipinski definition) is 3. The Balaban J connectivity index is 2.39. The predicted octanol–water partition coefficient (Wildman–Crippen LogP) is 2.10. The normalized spacial score (nSPS) is 13.0. The van der Waals surface area contributed by atoms with E-state index in [0.29, 0.717) is 0 Å². The maximum absolute atomic E-state index is 4.37. The lowest BCUT2D eigenvalue weighted by molar-refractivity contribution is 0.606. The van der Waals surface area contributed by atoms with Gasteiger partial charge < -0.3 is 5.32 Å². The summed E-state index contributed by atoms with van der Waals surface area (Å²) in [6.07, 6.45) is 0. The molecule has 0 aliphatic rings. The minimum atomic E-state index is 0.238. The van der Waals surface area contributed by atoms with Crippen LogP contribution in [0.2, 0.25) is 0 Å². The zero-order chi connectivity index (χ0) is 10.8. The maximum Gasteiger partial charge on any atom is 0.0753 e. The van der Waals surface area contributed by atoms with Gasteiger partial charge in [0.2, 0.25) is 0 Å². The van der Waals surface area contributed by atoms with Crippen LogP contribution in [0.25, 0.3) is 0 Å². The topological polar surface area (TPSA) is 29.9 Å². The number of hydrogen-bond donors (Lipinski definition) is 1. The van der Waals surface area contributed by atoms with Crippen LogP contribution in [-0.2, 0) is 7.05 Å². The van der Waals surface area contributed by atoms with Gasteiger partial charge in [-0.3, -0.25) is 4.68 Å². The van der Waals surface area contributed by atoms with Gasteiger partial charge in [-0.15, -0.1) is 0 Å². The molecule has 80 valence electrons. The van der Waals surface area contributed by atoms with Crippen molar-refractivity contribution in [3.05, 3.63) is 39.8 Å². The summed E-state index contributed by atoms with van der Waals surface area (Å²) in [5, 5.41) is 12.0. The highest BCUT2D eigenvalue weighted by molar-refractivity contribution is 7.08. The van der Waals surface area contributed by atoms with E-state index >= 15 is 0 Å². The van der Waals surface area contributed by atoms with Gasteiger partial charge in [-0.1, -0.05) is 0 Å².